The summed E-state index contributed by atoms with van der Waals surface area (Å²) in [5, 5.41) is 11.3. The Kier molecular flexibility index (Phi) is 4.73. The molecule has 1 saturated heterocycles. The quantitative estimate of drug-likeness (QED) is 0.593. The molecule has 1 aliphatic heterocycles. The van der Waals surface area contributed by atoms with Crippen LogP contribution in [0, 0.1) is 11.8 Å². The van der Waals surface area contributed by atoms with Crippen LogP contribution in [0.5, 0.6) is 0 Å². The van der Waals surface area contributed by atoms with Crippen molar-refractivity contribution in [1.29, 1.82) is 0 Å². The maximum atomic E-state index is 12.1. The van der Waals surface area contributed by atoms with Crippen LogP contribution in [0.25, 0.3) is 0 Å². The van der Waals surface area contributed by atoms with Crippen molar-refractivity contribution in [2.75, 3.05) is 13.7 Å². The van der Waals surface area contributed by atoms with Crippen LogP contribution in [0.15, 0.2) is 12.1 Å². The molecule has 1 aromatic heterocycles. The summed E-state index contributed by atoms with van der Waals surface area (Å²) >= 11 is 1.18. The molecule has 110 valence electrons. The molecule has 6 nitrogen and oxygen atoms in total. The van der Waals surface area contributed by atoms with E-state index in [-0.39, 0.29) is 24.8 Å². The number of carbonyl (C=O) groups is 3. The van der Waals surface area contributed by atoms with Crippen molar-refractivity contribution in [3.8, 4) is 11.8 Å². The first-order valence-corrected chi connectivity index (χ1v) is 7.15. The van der Waals surface area contributed by atoms with Gasteiger partial charge in [-0.2, -0.15) is 0 Å². The van der Waals surface area contributed by atoms with Gasteiger partial charge in [-0.3, -0.25) is 19.3 Å². The monoisotopic (exact) mass is 306 g/mol. The third kappa shape index (κ3) is 3.48. The third-order valence-electron chi connectivity index (χ3n) is 3.08. The summed E-state index contributed by atoms with van der Waals surface area (Å²) in [4.78, 5) is 37.5. The maximum Gasteiger partial charge on any atom is 0.262 e. The summed E-state index contributed by atoms with van der Waals surface area (Å²) < 4.78 is 0. The second kappa shape index (κ2) is 6.52. The number of likely N-dealkylation sites (N-methyl/N-ethyl adjacent to an activating group) is 1. The molecule has 0 radical (unpaired) electrons. The van der Waals surface area contributed by atoms with Gasteiger partial charge >= 0.3 is 0 Å². The number of nitrogens with one attached hydrogen (secondary N) is 1. The van der Waals surface area contributed by atoms with Gasteiger partial charge < -0.3 is 10.4 Å². The number of thiophene rings is 1. The van der Waals surface area contributed by atoms with E-state index in [0.717, 1.165) is 4.90 Å². The first kappa shape index (κ1) is 15.2. The number of rotatable bonds is 2. The van der Waals surface area contributed by atoms with E-state index in [0.29, 0.717) is 16.2 Å². The average Bonchev–Trinajstić information content (AvgIpc) is 2.94. The molecular formula is C14H14N2O4S. The van der Waals surface area contributed by atoms with Crippen molar-refractivity contribution < 1.29 is 19.5 Å². The molecule has 0 bridgehead atoms. The van der Waals surface area contributed by atoms with Gasteiger partial charge in [-0.15, -0.1) is 11.3 Å². The molecule has 1 atom stereocenters. The highest BCUT2D eigenvalue weighted by atomic mass is 32.1. The van der Waals surface area contributed by atoms with E-state index >= 15 is 0 Å². The molecule has 0 aromatic carbocycles. The second-order valence-corrected chi connectivity index (χ2v) is 5.56. The van der Waals surface area contributed by atoms with Crippen LogP contribution in [0.2, 0.25) is 0 Å². The fraction of sp³-hybridized carbons (Fsp3) is 0.357. The Morgan fingerprint density at radius 3 is 3.00 bits per heavy atom. The summed E-state index contributed by atoms with van der Waals surface area (Å²) in [6.45, 7) is -0.240. The number of aliphatic hydroxyl groups is 1. The zero-order chi connectivity index (χ0) is 15.4. The van der Waals surface area contributed by atoms with Gasteiger partial charge in [0.2, 0.25) is 5.91 Å². The Bertz CT molecular complexity index is 641. The molecule has 3 amide bonds. The predicted octanol–water partition coefficient (Wildman–Crippen LogP) is -0.0309. The van der Waals surface area contributed by atoms with Gasteiger partial charge in [-0.25, -0.2) is 0 Å². The Labute approximate surface area is 125 Å². The zero-order valence-electron chi connectivity index (χ0n) is 11.4. The number of aliphatic hydroxyl groups excluding tert-OH is 1. The number of carbonyl (C=O) groups excluding carboxylic acids is 3. The molecule has 0 spiro atoms. The molecule has 1 unspecified atom stereocenters. The Hall–Kier alpha value is -2.17. The summed E-state index contributed by atoms with van der Waals surface area (Å²) in [5.41, 5.74) is 0. The number of hydrogen-bond acceptors (Lipinski definition) is 5. The standard InChI is InChI=1S/C14H14N2O4S/c1-16-12(18)7-5-10(14(16)20)15-13(19)11-6-4-9(21-11)3-2-8-17/h4,6,10,17H,5,7-8H2,1H3,(H,15,19). The lowest BCUT2D eigenvalue weighted by Gasteiger charge is -2.27. The SMILES string of the molecule is CN1C(=O)CCC(NC(=O)c2ccc(C#CCO)s2)C1=O. The predicted molar refractivity (Wildman–Crippen MR) is 76.5 cm³/mol. The summed E-state index contributed by atoms with van der Waals surface area (Å²) in [5.74, 6) is 4.23. The average molecular weight is 306 g/mol. The number of amides is 3. The van der Waals surface area contributed by atoms with E-state index in [9.17, 15) is 14.4 Å². The minimum absolute atomic E-state index is 0.233. The van der Waals surface area contributed by atoms with Gasteiger partial charge in [0.1, 0.15) is 12.6 Å². The van der Waals surface area contributed by atoms with Crippen LogP contribution in [-0.4, -0.2) is 47.4 Å². The van der Waals surface area contributed by atoms with Crippen molar-refractivity contribution in [2.45, 2.75) is 18.9 Å². The molecular weight excluding hydrogens is 292 g/mol. The van der Waals surface area contributed by atoms with Gasteiger partial charge in [0.05, 0.1) is 9.75 Å². The molecule has 1 aliphatic rings. The number of piperidine rings is 1. The van der Waals surface area contributed by atoms with Crippen LogP contribution in [0.4, 0.5) is 0 Å². The molecule has 2 rings (SSSR count). The topological polar surface area (TPSA) is 86.7 Å². The Morgan fingerprint density at radius 1 is 1.52 bits per heavy atom. The fourth-order valence-corrected chi connectivity index (χ4v) is 2.72. The van der Waals surface area contributed by atoms with Gasteiger partial charge in [0, 0.05) is 13.5 Å². The summed E-state index contributed by atoms with van der Waals surface area (Å²) in [6, 6.07) is 2.62. The van der Waals surface area contributed by atoms with Crippen molar-refractivity contribution in [1.82, 2.24) is 10.2 Å². The normalized spacial score (nSPS) is 18.2. The molecule has 21 heavy (non-hydrogen) atoms. The first-order valence-electron chi connectivity index (χ1n) is 6.33. The van der Waals surface area contributed by atoms with Crippen LogP contribution in [-0.2, 0) is 9.59 Å². The molecule has 1 aromatic rings. The number of likely N-dealkylation sites (tertiary alicyclic amines) is 1. The Morgan fingerprint density at radius 2 is 2.29 bits per heavy atom. The van der Waals surface area contributed by atoms with Crippen molar-refractivity contribution in [3.63, 3.8) is 0 Å². The molecule has 2 N–H and O–H groups in total. The minimum Gasteiger partial charge on any atom is -0.384 e. The van der Waals surface area contributed by atoms with Gasteiger partial charge in [-0.1, -0.05) is 11.8 Å². The zero-order valence-corrected chi connectivity index (χ0v) is 12.2. The van der Waals surface area contributed by atoms with Crippen molar-refractivity contribution in [2.24, 2.45) is 0 Å². The smallest absolute Gasteiger partial charge is 0.262 e. The lowest BCUT2D eigenvalue weighted by molar-refractivity contribution is -0.147. The highest BCUT2D eigenvalue weighted by molar-refractivity contribution is 7.14. The lowest BCUT2D eigenvalue weighted by atomic mass is 10.0. The number of hydrogen-bond donors (Lipinski definition) is 2. The fourth-order valence-electron chi connectivity index (χ4n) is 1.93. The minimum atomic E-state index is -0.672. The highest BCUT2D eigenvalue weighted by Crippen LogP contribution is 2.17. The third-order valence-corrected chi connectivity index (χ3v) is 4.07. The molecule has 1 fully saturated rings. The maximum absolute atomic E-state index is 12.1. The summed E-state index contributed by atoms with van der Waals surface area (Å²) in [7, 11) is 1.41. The lowest BCUT2D eigenvalue weighted by Crippen LogP contribution is -2.52. The first-order chi connectivity index (χ1) is 10.0. The van der Waals surface area contributed by atoms with Crippen molar-refractivity contribution in [3.05, 3.63) is 21.9 Å². The van der Waals surface area contributed by atoms with E-state index in [2.05, 4.69) is 17.2 Å². The van der Waals surface area contributed by atoms with Crippen LogP contribution in [0.1, 0.15) is 27.4 Å². The van der Waals surface area contributed by atoms with E-state index in [1.54, 1.807) is 12.1 Å². The van der Waals surface area contributed by atoms with Gasteiger partial charge in [0.15, 0.2) is 0 Å². The van der Waals surface area contributed by atoms with E-state index in [1.165, 1.54) is 18.4 Å². The van der Waals surface area contributed by atoms with E-state index < -0.39 is 11.9 Å². The second-order valence-electron chi connectivity index (χ2n) is 4.48. The molecule has 0 aliphatic carbocycles. The van der Waals surface area contributed by atoms with Crippen LogP contribution in [0.3, 0.4) is 0 Å². The summed E-state index contributed by atoms with van der Waals surface area (Å²) in [6.07, 6.45) is 0.557. The van der Waals surface area contributed by atoms with E-state index in [4.69, 9.17) is 5.11 Å². The number of imide groups is 1. The van der Waals surface area contributed by atoms with Crippen LogP contribution < -0.4 is 5.32 Å². The Balaban J connectivity index is 2.03. The van der Waals surface area contributed by atoms with Gasteiger partial charge in [0.25, 0.3) is 11.8 Å². The highest BCUT2D eigenvalue weighted by Gasteiger charge is 2.32. The molecule has 2 heterocycles. The number of nitrogens with zero attached hydrogens (tertiary/aromatic N) is 1. The molecule has 0 saturated carbocycles. The van der Waals surface area contributed by atoms with E-state index in [1.807, 2.05) is 0 Å². The van der Waals surface area contributed by atoms with Crippen molar-refractivity contribution >= 4 is 29.1 Å². The molecule has 7 heteroatoms. The van der Waals surface area contributed by atoms with Gasteiger partial charge in [-0.05, 0) is 18.6 Å². The largest absolute Gasteiger partial charge is 0.384 e. The van der Waals surface area contributed by atoms with Crippen LogP contribution >= 0.6 is 11.3 Å².